The zero-order valence-electron chi connectivity index (χ0n) is 11.1. The van der Waals surface area contributed by atoms with E-state index in [4.69, 9.17) is 11.6 Å². The summed E-state index contributed by atoms with van der Waals surface area (Å²) in [4.78, 5) is 0. The van der Waals surface area contributed by atoms with Crippen LogP contribution >= 0.6 is 11.6 Å². The molecule has 1 nitrogen and oxygen atoms in total. The second-order valence-corrected chi connectivity index (χ2v) is 6.02. The van der Waals surface area contributed by atoms with Gasteiger partial charge >= 0.3 is 0 Å². The number of rotatable bonds is 4. The van der Waals surface area contributed by atoms with Crippen LogP contribution in [0.15, 0.2) is 24.3 Å². The molecule has 0 aliphatic heterocycles. The van der Waals surface area contributed by atoms with Gasteiger partial charge in [0, 0.05) is 5.02 Å². The van der Waals surface area contributed by atoms with Gasteiger partial charge < -0.3 is 5.11 Å². The number of hydrogen-bond acceptors (Lipinski definition) is 1. The molecule has 0 unspecified atom stereocenters. The van der Waals surface area contributed by atoms with Crippen LogP contribution in [0, 0.1) is 11.8 Å². The number of hydrogen-bond donors (Lipinski definition) is 1. The van der Waals surface area contributed by atoms with Gasteiger partial charge in [-0.1, -0.05) is 56.3 Å². The van der Waals surface area contributed by atoms with Crippen LogP contribution < -0.4 is 0 Å². The molecule has 0 spiro atoms. The molecule has 1 saturated carbocycles. The minimum atomic E-state index is -0.344. The molecule has 1 aromatic rings. The van der Waals surface area contributed by atoms with Crippen LogP contribution in [0.2, 0.25) is 5.02 Å². The van der Waals surface area contributed by atoms with Crippen molar-refractivity contribution in [1.29, 1.82) is 0 Å². The fraction of sp³-hybridized carbons (Fsp3) is 0.625. The Bertz CT molecular complexity index is 375. The van der Waals surface area contributed by atoms with Gasteiger partial charge in [-0.3, -0.25) is 0 Å². The minimum absolute atomic E-state index is 0.344. The Balaban J connectivity index is 2.02. The summed E-state index contributed by atoms with van der Waals surface area (Å²) in [7, 11) is 0. The van der Waals surface area contributed by atoms with Crippen molar-refractivity contribution in [3.05, 3.63) is 34.9 Å². The Morgan fingerprint density at radius 3 is 2.94 bits per heavy atom. The van der Waals surface area contributed by atoms with E-state index in [9.17, 15) is 5.11 Å². The molecule has 1 fully saturated rings. The minimum Gasteiger partial charge on any atom is -0.388 e. The van der Waals surface area contributed by atoms with Gasteiger partial charge in [0.25, 0.3) is 0 Å². The fourth-order valence-electron chi connectivity index (χ4n) is 3.25. The van der Waals surface area contributed by atoms with E-state index >= 15 is 0 Å². The summed E-state index contributed by atoms with van der Waals surface area (Å²) in [6.07, 6.45) is 7.13. The Morgan fingerprint density at radius 1 is 1.39 bits per heavy atom. The van der Waals surface area contributed by atoms with E-state index in [0.29, 0.717) is 10.9 Å². The summed E-state index contributed by atoms with van der Waals surface area (Å²) < 4.78 is 0. The maximum Gasteiger partial charge on any atom is 0.0818 e. The highest BCUT2D eigenvalue weighted by Gasteiger charge is 2.27. The quantitative estimate of drug-likeness (QED) is 0.815. The van der Waals surface area contributed by atoms with E-state index < -0.39 is 0 Å². The van der Waals surface area contributed by atoms with E-state index in [1.807, 2.05) is 24.3 Å². The first kappa shape index (κ1) is 13.9. The number of aliphatic hydroxyl groups is 1. The van der Waals surface area contributed by atoms with E-state index in [2.05, 4.69) is 6.92 Å². The number of benzene rings is 1. The number of halogens is 1. The average Bonchev–Trinajstić information content (AvgIpc) is 2.39. The van der Waals surface area contributed by atoms with Crippen molar-refractivity contribution in [3.8, 4) is 0 Å². The molecular formula is C16H23ClO. The molecule has 0 heterocycles. The summed E-state index contributed by atoms with van der Waals surface area (Å²) in [5.41, 5.74) is 0.977. The molecule has 1 aliphatic rings. The summed E-state index contributed by atoms with van der Waals surface area (Å²) in [6, 6.07) is 7.67. The SMILES string of the molecule is CCC[C@H]1CCC[C@@H]([C@H](O)c2cccc(Cl)c2)C1. The van der Waals surface area contributed by atoms with E-state index in [1.165, 1.54) is 32.1 Å². The second-order valence-electron chi connectivity index (χ2n) is 5.58. The molecule has 2 rings (SSSR count). The lowest BCUT2D eigenvalue weighted by Crippen LogP contribution is -2.21. The standard InChI is InChI=1S/C16H23ClO/c1-2-5-12-6-3-7-13(10-12)16(18)14-8-4-9-15(17)11-14/h4,8-9,11-13,16,18H,2-3,5-7,10H2,1H3/t12-,13+,16-/m0/s1. The van der Waals surface area contributed by atoms with Gasteiger partial charge in [-0.15, -0.1) is 0 Å². The highest BCUT2D eigenvalue weighted by molar-refractivity contribution is 6.30. The van der Waals surface area contributed by atoms with Crippen LogP contribution in [-0.2, 0) is 0 Å². The van der Waals surface area contributed by atoms with Crippen LogP contribution in [0.25, 0.3) is 0 Å². The lowest BCUT2D eigenvalue weighted by Gasteiger charge is -2.32. The van der Waals surface area contributed by atoms with Gasteiger partial charge in [0.15, 0.2) is 0 Å². The molecule has 2 heteroatoms. The Morgan fingerprint density at radius 2 is 2.22 bits per heavy atom. The molecule has 18 heavy (non-hydrogen) atoms. The van der Waals surface area contributed by atoms with Gasteiger partial charge in [0.05, 0.1) is 6.10 Å². The van der Waals surface area contributed by atoms with Crippen LogP contribution in [0.3, 0.4) is 0 Å². The average molecular weight is 267 g/mol. The van der Waals surface area contributed by atoms with Gasteiger partial charge in [0.1, 0.15) is 0 Å². The maximum atomic E-state index is 10.5. The topological polar surface area (TPSA) is 20.2 Å². The molecule has 0 bridgehead atoms. The van der Waals surface area contributed by atoms with Crippen LogP contribution in [0.5, 0.6) is 0 Å². The van der Waals surface area contributed by atoms with Gasteiger partial charge in [-0.05, 0) is 42.4 Å². The highest BCUT2D eigenvalue weighted by atomic mass is 35.5. The molecule has 100 valence electrons. The molecule has 3 atom stereocenters. The summed E-state index contributed by atoms with van der Waals surface area (Å²) in [5, 5.41) is 11.2. The summed E-state index contributed by atoms with van der Waals surface area (Å²) in [5.74, 6) is 1.22. The normalized spacial score (nSPS) is 25.9. The Hall–Kier alpha value is -0.530. The van der Waals surface area contributed by atoms with Gasteiger partial charge in [0.2, 0.25) is 0 Å². The fourth-order valence-corrected chi connectivity index (χ4v) is 3.45. The largest absolute Gasteiger partial charge is 0.388 e. The lowest BCUT2D eigenvalue weighted by molar-refractivity contribution is 0.0668. The Labute approximate surface area is 115 Å². The van der Waals surface area contributed by atoms with Crippen LogP contribution in [-0.4, -0.2) is 5.11 Å². The molecule has 0 amide bonds. The molecule has 1 aliphatic carbocycles. The Kier molecular flexibility index (Phi) is 5.08. The first-order chi connectivity index (χ1) is 8.70. The summed E-state index contributed by atoms with van der Waals surface area (Å²) in [6.45, 7) is 2.25. The predicted octanol–water partition coefficient (Wildman–Crippen LogP) is 4.98. The summed E-state index contributed by atoms with van der Waals surface area (Å²) >= 11 is 6.00. The smallest absolute Gasteiger partial charge is 0.0818 e. The van der Waals surface area contributed by atoms with Crippen molar-refractivity contribution < 1.29 is 5.11 Å². The van der Waals surface area contributed by atoms with Crippen LogP contribution in [0.4, 0.5) is 0 Å². The van der Waals surface area contributed by atoms with Crippen molar-refractivity contribution >= 4 is 11.6 Å². The van der Waals surface area contributed by atoms with Crippen molar-refractivity contribution in [1.82, 2.24) is 0 Å². The van der Waals surface area contributed by atoms with Crippen molar-refractivity contribution in [2.24, 2.45) is 11.8 Å². The molecule has 1 N–H and O–H groups in total. The molecule has 0 aromatic heterocycles. The molecule has 1 aromatic carbocycles. The second kappa shape index (κ2) is 6.58. The highest BCUT2D eigenvalue weighted by Crippen LogP contribution is 2.39. The zero-order chi connectivity index (χ0) is 13.0. The van der Waals surface area contributed by atoms with E-state index in [1.54, 1.807) is 0 Å². The first-order valence-corrected chi connectivity index (χ1v) is 7.52. The first-order valence-electron chi connectivity index (χ1n) is 7.14. The molecular weight excluding hydrogens is 244 g/mol. The predicted molar refractivity (Wildman–Crippen MR) is 76.8 cm³/mol. The van der Waals surface area contributed by atoms with Crippen molar-refractivity contribution in [3.63, 3.8) is 0 Å². The van der Waals surface area contributed by atoms with Gasteiger partial charge in [-0.2, -0.15) is 0 Å². The van der Waals surface area contributed by atoms with Crippen molar-refractivity contribution in [2.75, 3.05) is 0 Å². The van der Waals surface area contributed by atoms with Crippen molar-refractivity contribution in [2.45, 2.75) is 51.6 Å². The molecule has 0 radical (unpaired) electrons. The van der Waals surface area contributed by atoms with Crippen LogP contribution in [0.1, 0.15) is 57.1 Å². The third-order valence-electron chi connectivity index (χ3n) is 4.16. The maximum absolute atomic E-state index is 10.5. The number of aliphatic hydroxyl groups excluding tert-OH is 1. The zero-order valence-corrected chi connectivity index (χ0v) is 11.9. The van der Waals surface area contributed by atoms with E-state index in [0.717, 1.165) is 17.9 Å². The third kappa shape index (κ3) is 3.49. The van der Waals surface area contributed by atoms with Gasteiger partial charge in [-0.25, -0.2) is 0 Å². The lowest BCUT2D eigenvalue weighted by atomic mass is 9.76. The van der Waals surface area contributed by atoms with E-state index in [-0.39, 0.29) is 6.10 Å². The monoisotopic (exact) mass is 266 g/mol. The third-order valence-corrected chi connectivity index (χ3v) is 4.39. The molecule has 0 saturated heterocycles.